The molecule has 0 bridgehead atoms. The molecule has 1 fully saturated rings. The minimum atomic E-state index is -0.440. The first-order valence-corrected chi connectivity index (χ1v) is 11.9. The normalized spacial score (nSPS) is 14.6. The van der Waals surface area contributed by atoms with E-state index < -0.39 is 5.82 Å². The van der Waals surface area contributed by atoms with Crippen LogP contribution in [-0.4, -0.2) is 39.5 Å². The predicted octanol–water partition coefficient (Wildman–Crippen LogP) is 5.40. The molecule has 1 aliphatic heterocycles. The molecule has 5 rings (SSSR count). The third-order valence-electron chi connectivity index (χ3n) is 6.97. The third kappa shape index (κ3) is 4.86. The van der Waals surface area contributed by atoms with E-state index in [0.29, 0.717) is 24.2 Å². The van der Waals surface area contributed by atoms with Gasteiger partial charge in [0.15, 0.2) is 5.78 Å². The van der Waals surface area contributed by atoms with Gasteiger partial charge in [0, 0.05) is 24.6 Å². The molecule has 8 heteroatoms. The van der Waals surface area contributed by atoms with Crippen molar-refractivity contribution in [2.45, 2.75) is 26.3 Å². The number of hydrogen-bond donors (Lipinski definition) is 0. The highest BCUT2D eigenvalue weighted by Crippen LogP contribution is 2.24. The number of halogens is 3. The smallest absolute Gasteiger partial charge is 0.302 e. The van der Waals surface area contributed by atoms with E-state index >= 15 is 0 Å². The Morgan fingerprint density at radius 2 is 1.61 bits per heavy atom. The summed E-state index contributed by atoms with van der Waals surface area (Å²) in [5, 5.41) is 0. The number of Topliss-reactive ketones (excluding diaryl/α,β-unsaturated/α-hetero) is 1. The molecule has 1 aromatic heterocycles. The van der Waals surface area contributed by atoms with Gasteiger partial charge in [0.1, 0.15) is 11.6 Å². The van der Waals surface area contributed by atoms with E-state index in [-0.39, 0.29) is 41.3 Å². The lowest BCUT2D eigenvalue weighted by Crippen LogP contribution is -2.39. The standard InChI is InChI=1S/C28H27F2N3O2.ClH/c1-19-5-4-8-25-26(19)33(24-7-3-2-6-23(24)30)28(35)32(25)18-17-31-15-13-21(14-16-31)27(34)20-9-11-22(29)12-10-20;/h2-12,21H,13-18H2,1H3;1H. The zero-order chi connectivity index (χ0) is 24.5. The van der Waals surface area contributed by atoms with Crippen molar-refractivity contribution in [2.24, 2.45) is 5.92 Å². The number of para-hydroxylation sites is 2. The summed E-state index contributed by atoms with van der Waals surface area (Å²) in [4.78, 5) is 28.5. The van der Waals surface area contributed by atoms with Gasteiger partial charge in [-0.1, -0.05) is 24.3 Å². The number of aryl methyl sites for hydroxylation is 1. The molecular weight excluding hydrogens is 484 g/mol. The van der Waals surface area contributed by atoms with Crippen molar-refractivity contribution >= 4 is 29.2 Å². The number of imidazole rings is 1. The second-order valence-corrected chi connectivity index (χ2v) is 9.15. The Bertz CT molecular complexity index is 1440. The fourth-order valence-corrected chi connectivity index (χ4v) is 5.05. The van der Waals surface area contributed by atoms with Crippen LogP contribution < -0.4 is 5.69 Å². The molecule has 5 nitrogen and oxygen atoms in total. The first kappa shape index (κ1) is 25.8. The lowest BCUT2D eigenvalue weighted by molar-refractivity contribution is 0.0837. The summed E-state index contributed by atoms with van der Waals surface area (Å²) in [7, 11) is 0. The van der Waals surface area contributed by atoms with Crippen LogP contribution in [0.3, 0.4) is 0 Å². The van der Waals surface area contributed by atoms with Crippen LogP contribution in [-0.2, 0) is 6.54 Å². The van der Waals surface area contributed by atoms with Crippen LogP contribution >= 0.6 is 12.4 Å². The van der Waals surface area contributed by atoms with Gasteiger partial charge in [0.05, 0.1) is 16.7 Å². The highest BCUT2D eigenvalue weighted by Gasteiger charge is 2.26. The van der Waals surface area contributed by atoms with Crippen molar-refractivity contribution in [2.75, 3.05) is 19.6 Å². The minimum absolute atomic E-state index is 0. The number of carbonyl (C=O) groups is 1. The monoisotopic (exact) mass is 511 g/mol. The average molecular weight is 512 g/mol. The summed E-state index contributed by atoms with van der Waals surface area (Å²) in [6.07, 6.45) is 1.45. The molecule has 3 aromatic carbocycles. The Morgan fingerprint density at radius 3 is 2.31 bits per heavy atom. The van der Waals surface area contributed by atoms with E-state index in [4.69, 9.17) is 0 Å². The van der Waals surface area contributed by atoms with E-state index in [1.54, 1.807) is 34.9 Å². The van der Waals surface area contributed by atoms with Crippen molar-refractivity contribution in [1.29, 1.82) is 0 Å². The number of fused-ring (bicyclic) bond motifs is 1. The number of likely N-dealkylation sites (tertiary alicyclic amines) is 1. The molecule has 0 aliphatic carbocycles. The molecule has 188 valence electrons. The van der Waals surface area contributed by atoms with E-state index in [2.05, 4.69) is 4.90 Å². The van der Waals surface area contributed by atoms with E-state index in [1.807, 2.05) is 25.1 Å². The lowest BCUT2D eigenvalue weighted by atomic mass is 9.89. The maximum atomic E-state index is 14.6. The van der Waals surface area contributed by atoms with Crippen molar-refractivity contribution in [3.8, 4) is 5.69 Å². The third-order valence-corrected chi connectivity index (χ3v) is 6.97. The van der Waals surface area contributed by atoms with Gasteiger partial charge in [-0.05, 0) is 80.9 Å². The van der Waals surface area contributed by atoms with Crippen molar-refractivity contribution < 1.29 is 13.6 Å². The van der Waals surface area contributed by atoms with Gasteiger partial charge in [0.2, 0.25) is 0 Å². The number of ketones is 1. The van der Waals surface area contributed by atoms with Gasteiger partial charge in [-0.3, -0.25) is 13.9 Å². The van der Waals surface area contributed by atoms with Crippen molar-refractivity contribution in [1.82, 2.24) is 14.0 Å². The van der Waals surface area contributed by atoms with E-state index in [9.17, 15) is 18.4 Å². The SMILES string of the molecule is Cc1cccc2c1n(-c1ccccc1F)c(=O)n2CCN1CCC(C(=O)c2ccc(F)cc2)CC1.Cl. The first-order chi connectivity index (χ1) is 16.9. The van der Waals surface area contributed by atoms with Crippen LogP contribution in [0.15, 0.2) is 71.5 Å². The fourth-order valence-electron chi connectivity index (χ4n) is 5.05. The molecule has 0 unspecified atom stereocenters. The zero-order valence-electron chi connectivity index (χ0n) is 20.0. The Morgan fingerprint density at radius 1 is 0.917 bits per heavy atom. The molecule has 4 aromatic rings. The van der Waals surface area contributed by atoms with Gasteiger partial charge in [-0.25, -0.2) is 13.6 Å². The van der Waals surface area contributed by atoms with Crippen LogP contribution in [0.5, 0.6) is 0 Å². The van der Waals surface area contributed by atoms with Gasteiger partial charge in [-0.15, -0.1) is 12.4 Å². The van der Waals surface area contributed by atoms with Crippen LogP contribution in [0, 0.1) is 24.5 Å². The van der Waals surface area contributed by atoms with Crippen LogP contribution in [0.2, 0.25) is 0 Å². The summed E-state index contributed by atoms with van der Waals surface area (Å²) in [6.45, 7) is 4.54. The topological polar surface area (TPSA) is 47.2 Å². The Kier molecular flexibility index (Phi) is 7.71. The quantitative estimate of drug-likeness (QED) is 0.326. The van der Waals surface area contributed by atoms with Gasteiger partial charge < -0.3 is 4.90 Å². The number of rotatable bonds is 6. The summed E-state index contributed by atoms with van der Waals surface area (Å²) in [5.41, 5.74) is 2.93. The van der Waals surface area contributed by atoms with Crippen LogP contribution in [0.4, 0.5) is 8.78 Å². The Hall–Kier alpha value is -3.29. The highest BCUT2D eigenvalue weighted by molar-refractivity contribution is 5.97. The average Bonchev–Trinajstić information content (AvgIpc) is 3.15. The molecule has 0 spiro atoms. The summed E-state index contributed by atoms with van der Waals surface area (Å²) >= 11 is 0. The number of piperidine rings is 1. The molecule has 0 radical (unpaired) electrons. The maximum Gasteiger partial charge on any atom is 0.333 e. The van der Waals surface area contributed by atoms with Gasteiger partial charge in [0.25, 0.3) is 0 Å². The molecule has 1 saturated heterocycles. The van der Waals surface area contributed by atoms with E-state index in [1.165, 1.54) is 22.8 Å². The van der Waals surface area contributed by atoms with Gasteiger partial charge >= 0.3 is 5.69 Å². The van der Waals surface area contributed by atoms with Crippen LogP contribution in [0.25, 0.3) is 16.7 Å². The lowest BCUT2D eigenvalue weighted by Gasteiger charge is -2.31. The second-order valence-electron chi connectivity index (χ2n) is 9.15. The molecule has 1 aliphatic rings. The first-order valence-electron chi connectivity index (χ1n) is 11.9. The highest BCUT2D eigenvalue weighted by atomic mass is 35.5. The molecule has 0 amide bonds. The number of aromatic nitrogens is 2. The summed E-state index contributed by atoms with van der Waals surface area (Å²) in [6, 6.07) is 17.8. The van der Waals surface area contributed by atoms with Gasteiger partial charge in [-0.2, -0.15) is 0 Å². The minimum Gasteiger partial charge on any atom is -0.302 e. The number of carbonyl (C=O) groups excluding carboxylic acids is 1. The fraction of sp³-hybridized carbons (Fsp3) is 0.286. The predicted molar refractivity (Wildman–Crippen MR) is 139 cm³/mol. The Balaban J connectivity index is 0.00000304. The second kappa shape index (κ2) is 10.8. The molecular formula is C28H28ClF2N3O2. The zero-order valence-corrected chi connectivity index (χ0v) is 20.8. The van der Waals surface area contributed by atoms with Crippen molar-refractivity contribution in [3.05, 3.63) is 100.0 Å². The maximum absolute atomic E-state index is 14.6. The van der Waals surface area contributed by atoms with Crippen LogP contribution in [0.1, 0.15) is 28.8 Å². The largest absolute Gasteiger partial charge is 0.333 e. The molecule has 0 saturated carbocycles. The van der Waals surface area contributed by atoms with Crippen molar-refractivity contribution in [3.63, 3.8) is 0 Å². The Labute approximate surface area is 214 Å². The molecule has 0 atom stereocenters. The molecule has 0 N–H and O–H groups in total. The molecule has 2 heterocycles. The van der Waals surface area contributed by atoms with E-state index in [0.717, 1.165) is 37.0 Å². The summed E-state index contributed by atoms with van der Waals surface area (Å²) < 4.78 is 31.0. The number of nitrogens with zero attached hydrogens (tertiary/aromatic N) is 3. The summed E-state index contributed by atoms with van der Waals surface area (Å²) in [5.74, 6) is -0.808. The molecule has 36 heavy (non-hydrogen) atoms. The number of benzene rings is 3. The number of hydrogen-bond acceptors (Lipinski definition) is 3.